The van der Waals surface area contributed by atoms with Gasteiger partial charge in [-0.15, -0.1) is 10.2 Å². The van der Waals surface area contributed by atoms with Gasteiger partial charge < -0.3 is 20.5 Å². The number of carbonyl (C=O) groups excluding carboxylic acids is 3. The van der Waals surface area contributed by atoms with Crippen LogP contribution in [0.15, 0.2) is 59.8 Å². The minimum absolute atomic E-state index is 0.0762. The number of amides is 3. The van der Waals surface area contributed by atoms with E-state index in [1.165, 1.54) is 18.7 Å². The fourth-order valence-electron chi connectivity index (χ4n) is 3.06. The number of nitrogens with zero attached hydrogens (tertiary/aromatic N) is 3. The molecule has 0 aliphatic carbocycles. The predicted octanol–water partition coefficient (Wildman–Crippen LogP) is 3.56. The predicted molar refractivity (Wildman–Crippen MR) is 129 cm³/mol. The van der Waals surface area contributed by atoms with E-state index in [9.17, 15) is 14.4 Å². The molecule has 0 aliphatic heterocycles. The molecule has 33 heavy (non-hydrogen) atoms. The number of hydrogen-bond donors (Lipinski definition) is 3. The SMILES string of the molecule is CCn1c(CC(=O)Nc2ccccc2)nnc1SC(C)C(=O)Nc1cccc(NC(C)=O)c1. The van der Waals surface area contributed by atoms with E-state index >= 15 is 0 Å². The summed E-state index contributed by atoms with van der Waals surface area (Å²) < 4.78 is 1.83. The van der Waals surface area contributed by atoms with Gasteiger partial charge in [0.1, 0.15) is 5.82 Å². The maximum absolute atomic E-state index is 12.7. The highest BCUT2D eigenvalue weighted by Crippen LogP contribution is 2.24. The lowest BCUT2D eigenvalue weighted by molar-refractivity contribution is -0.116. The van der Waals surface area contributed by atoms with E-state index in [4.69, 9.17) is 0 Å². The molecule has 2 aromatic carbocycles. The molecule has 10 heteroatoms. The summed E-state index contributed by atoms with van der Waals surface area (Å²) >= 11 is 1.26. The summed E-state index contributed by atoms with van der Waals surface area (Å²) in [5.74, 6) is -0.0581. The third-order valence-corrected chi connectivity index (χ3v) is 5.67. The molecule has 1 aromatic heterocycles. The smallest absolute Gasteiger partial charge is 0.237 e. The number of thioether (sulfide) groups is 1. The van der Waals surface area contributed by atoms with Crippen LogP contribution >= 0.6 is 11.8 Å². The van der Waals surface area contributed by atoms with Crippen LogP contribution in [0.2, 0.25) is 0 Å². The van der Waals surface area contributed by atoms with Gasteiger partial charge in [0.2, 0.25) is 17.7 Å². The van der Waals surface area contributed by atoms with Gasteiger partial charge >= 0.3 is 0 Å². The van der Waals surface area contributed by atoms with Crippen molar-refractivity contribution in [3.8, 4) is 0 Å². The van der Waals surface area contributed by atoms with Crippen molar-refractivity contribution in [3.05, 3.63) is 60.4 Å². The molecule has 0 saturated carbocycles. The Balaban J connectivity index is 1.62. The zero-order chi connectivity index (χ0) is 23.8. The van der Waals surface area contributed by atoms with Crippen LogP contribution in [0.4, 0.5) is 17.1 Å². The van der Waals surface area contributed by atoms with Gasteiger partial charge in [0.05, 0.1) is 11.7 Å². The maximum atomic E-state index is 12.7. The lowest BCUT2D eigenvalue weighted by Crippen LogP contribution is -2.23. The van der Waals surface area contributed by atoms with Gasteiger partial charge in [0.15, 0.2) is 5.16 Å². The monoisotopic (exact) mass is 466 g/mol. The second kappa shape index (κ2) is 11.3. The van der Waals surface area contributed by atoms with E-state index in [1.54, 1.807) is 31.2 Å². The van der Waals surface area contributed by atoms with Crippen LogP contribution in [0, 0.1) is 0 Å². The number of anilines is 3. The molecule has 1 unspecified atom stereocenters. The van der Waals surface area contributed by atoms with E-state index < -0.39 is 5.25 Å². The fourth-order valence-corrected chi connectivity index (χ4v) is 3.99. The molecule has 0 bridgehead atoms. The number of hydrogen-bond acceptors (Lipinski definition) is 6. The largest absolute Gasteiger partial charge is 0.326 e. The van der Waals surface area contributed by atoms with E-state index in [0.717, 1.165) is 0 Å². The van der Waals surface area contributed by atoms with Crippen LogP contribution in [-0.2, 0) is 27.3 Å². The first kappa shape index (κ1) is 24.0. The first-order chi connectivity index (χ1) is 15.9. The molecule has 9 nitrogen and oxygen atoms in total. The quantitative estimate of drug-likeness (QED) is 0.415. The Kier molecular flexibility index (Phi) is 8.20. The molecule has 0 spiro atoms. The lowest BCUT2D eigenvalue weighted by atomic mass is 10.2. The summed E-state index contributed by atoms with van der Waals surface area (Å²) in [5, 5.41) is 16.8. The van der Waals surface area contributed by atoms with E-state index in [1.807, 2.05) is 41.8 Å². The van der Waals surface area contributed by atoms with Gasteiger partial charge in [-0.05, 0) is 44.2 Å². The van der Waals surface area contributed by atoms with E-state index in [0.29, 0.717) is 34.6 Å². The molecule has 0 aliphatic rings. The molecular formula is C23H26N6O3S. The number of aromatic nitrogens is 3. The maximum Gasteiger partial charge on any atom is 0.237 e. The Morgan fingerprint density at radius 2 is 1.61 bits per heavy atom. The van der Waals surface area contributed by atoms with Crippen molar-refractivity contribution in [2.24, 2.45) is 0 Å². The Labute approximate surface area is 196 Å². The van der Waals surface area contributed by atoms with Crippen LogP contribution in [0.3, 0.4) is 0 Å². The Morgan fingerprint density at radius 1 is 0.939 bits per heavy atom. The van der Waals surface area contributed by atoms with Gasteiger partial charge in [-0.1, -0.05) is 36.0 Å². The third kappa shape index (κ3) is 6.91. The molecule has 1 atom stereocenters. The molecule has 0 fully saturated rings. The molecule has 1 heterocycles. The van der Waals surface area contributed by atoms with Gasteiger partial charge in [-0.3, -0.25) is 14.4 Å². The van der Waals surface area contributed by atoms with Crippen LogP contribution < -0.4 is 16.0 Å². The summed E-state index contributed by atoms with van der Waals surface area (Å²) in [5.41, 5.74) is 1.89. The molecule has 0 radical (unpaired) electrons. The van der Waals surface area contributed by atoms with E-state index in [-0.39, 0.29) is 24.1 Å². The van der Waals surface area contributed by atoms with Crippen molar-refractivity contribution in [3.63, 3.8) is 0 Å². The minimum atomic E-state index is -0.463. The second-order valence-electron chi connectivity index (χ2n) is 7.25. The van der Waals surface area contributed by atoms with Crippen molar-refractivity contribution >= 4 is 46.5 Å². The standard InChI is InChI=1S/C23H26N6O3S/c1-4-29-20(14-21(31)25-17-9-6-5-7-10-17)27-28-23(29)33-15(2)22(32)26-19-12-8-11-18(13-19)24-16(3)30/h5-13,15H,4,14H2,1-3H3,(H,24,30)(H,25,31)(H,26,32). The topological polar surface area (TPSA) is 118 Å². The molecule has 3 aromatic rings. The van der Waals surface area contributed by atoms with Gasteiger partial charge in [-0.2, -0.15) is 0 Å². The van der Waals surface area contributed by atoms with Crippen molar-refractivity contribution in [1.29, 1.82) is 0 Å². The summed E-state index contributed by atoms with van der Waals surface area (Å²) in [4.78, 5) is 36.3. The molecule has 172 valence electrons. The molecule has 0 saturated heterocycles. The minimum Gasteiger partial charge on any atom is -0.326 e. The Morgan fingerprint density at radius 3 is 2.27 bits per heavy atom. The van der Waals surface area contributed by atoms with Crippen LogP contribution in [0.25, 0.3) is 0 Å². The molecular weight excluding hydrogens is 440 g/mol. The first-order valence-electron chi connectivity index (χ1n) is 10.5. The normalized spacial score (nSPS) is 11.5. The van der Waals surface area contributed by atoms with E-state index in [2.05, 4.69) is 26.1 Å². The summed E-state index contributed by atoms with van der Waals surface area (Å²) in [6.07, 6.45) is 0.0762. The Hall–Kier alpha value is -3.66. The highest BCUT2D eigenvalue weighted by atomic mass is 32.2. The molecule has 3 N–H and O–H groups in total. The zero-order valence-electron chi connectivity index (χ0n) is 18.7. The molecule has 3 rings (SSSR count). The second-order valence-corrected chi connectivity index (χ2v) is 8.55. The number of nitrogens with one attached hydrogen (secondary N) is 3. The number of rotatable bonds is 9. The average Bonchev–Trinajstić information content (AvgIpc) is 3.14. The number of carbonyl (C=O) groups is 3. The van der Waals surface area contributed by atoms with Crippen molar-refractivity contribution in [2.75, 3.05) is 16.0 Å². The summed E-state index contributed by atoms with van der Waals surface area (Å²) in [6, 6.07) is 16.1. The molecule has 3 amide bonds. The lowest BCUT2D eigenvalue weighted by Gasteiger charge is -2.13. The summed E-state index contributed by atoms with van der Waals surface area (Å²) in [6.45, 7) is 5.70. The number of benzene rings is 2. The van der Waals surface area contributed by atoms with Gasteiger partial charge in [0.25, 0.3) is 0 Å². The van der Waals surface area contributed by atoms with Gasteiger partial charge in [-0.25, -0.2) is 0 Å². The van der Waals surface area contributed by atoms with Crippen molar-refractivity contribution in [2.45, 2.75) is 44.1 Å². The Bertz CT molecular complexity index is 1130. The first-order valence-corrected chi connectivity index (χ1v) is 11.4. The van der Waals surface area contributed by atoms with Crippen LogP contribution in [0.1, 0.15) is 26.6 Å². The van der Waals surface area contributed by atoms with Crippen molar-refractivity contribution < 1.29 is 14.4 Å². The fraction of sp³-hybridized carbons (Fsp3) is 0.261. The van der Waals surface area contributed by atoms with Crippen LogP contribution in [-0.4, -0.2) is 37.7 Å². The average molecular weight is 467 g/mol. The highest BCUT2D eigenvalue weighted by molar-refractivity contribution is 8.00. The number of para-hydroxylation sites is 1. The van der Waals surface area contributed by atoms with Crippen molar-refractivity contribution in [1.82, 2.24) is 14.8 Å². The zero-order valence-corrected chi connectivity index (χ0v) is 19.5. The highest BCUT2D eigenvalue weighted by Gasteiger charge is 2.21. The van der Waals surface area contributed by atoms with Crippen LogP contribution in [0.5, 0.6) is 0 Å². The summed E-state index contributed by atoms with van der Waals surface area (Å²) in [7, 11) is 0. The third-order valence-electron chi connectivity index (χ3n) is 4.59. The van der Waals surface area contributed by atoms with Gasteiger partial charge in [0, 0.05) is 30.5 Å².